The van der Waals surface area contributed by atoms with Gasteiger partial charge in [0, 0.05) is 0 Å². The largest absolute Gasteiger partial charge is 0.350 e. The summed E-state index contributed by atoms with van der Waals surface area (Å²) in [5.74, 6) is -0.0823. The molecule has 1 N–H and O–H groups in total. The highest BCUT2D eigenvalue weighted by molar-refractivity contribution is 7.80. The smallest absolute Gasteiger partial charge is 0.251 e. The highest BCUT2D eigenvalue weighted by Crippen LogP contribution is 2.11. The normalized spacial score (nSPS) is 21.6. The fourth-order valence-corrected chi connectivity index (χ4v) is 1.80. The topological polar surface area (TPSA) is 32.3 Å². The zero-order valence-corrected chi connectivity index (χ0v) is 9.07. The zero-order chi connectivity index (χ0) is 10.6. The van der Waals surface area contributed by atoms with Crippen molar-refractivity contribution in [3.05, 3.63) is 0 Å². The van der Waals surface area contributed by atoms with E-state index in [4.69, 9.17) is 12.2 Å². The molecule has 0 spiro atoms. The molecule has 1 atom stereocenters. The molecular formula is C9H15FN2OS. The van der Waals surface area contributed by atoms with Crippen molar-refractivity contribution >= 4 is 23.2 Å². The van der Waals surface area contributed by atoms with Gasteiger partial charge in [0.1, 0.15) is 12.7 Å². The van der Waals surface area contributed by atoms with Crippen LogP contribution in [-0.4, -0.2) is 35.2 Å². The van der Waals surface area contributed by atoms with Gasteiger partial charge in [-0.3, -0.25) is 9.69 Å². The Bertz CT molecular complexity index is 235. The van der Waals surface area contributed by atoms with Crippen LogP contribution in [0.25, 0.3) is 0 Å². The van der Waals surface area contributed by atoms with Gasteiger partial charge in [-0.15, -0.1) is 0 Å². The average molecular weight is 218 g/mol. The molecule has 14 heavy (non-hydrogen) atoms. The summed E-state index contributed by atoms with van der Waals surface area (Å²) in [5.41, 5.74) is 0. The lowest BCUT2D eigenvalue weighted by Gasteiger charge is -2.11. The van der Waals surface area contributed by atoms with E-state index in [0.717, 1.165) is 19.3 Å². The predicted octanol–water partition coefficient (Wildman–Crippen LogP) is 1.23. The Kier molecular flexibility index (Phi) is 4.25. The van der Waals surface area contributed by atoms with Gasteiger partial charge < -0.3 is 5.32 Å². The number of amides is 1. The molecule has 1 aliphatic heterocycles. The van der Waals surface area contributed by atoms with Gasteiger partial charge in [0.15, 0.2) is 5.11 Å². The minimum absolute atomic E-state index is 0.0767. The first kappa shape index (κ1) is 11.4. The number of carbonyl (C=O) groups excluding carboxylic acids is 1. The zero-order valence-electron chi connectivity index (χ0n) is 8.25. The lowest BCUT2D eigenvalue weighted by Crippen LogP contribution is -2.33. The third-order valence-corrected chi connectivity index (χ3v) is 2.60. The number of halogens is 1. The van der Waals surface area contributed by atoms with Gasteiger partial charge in [0.05, 0.1) is 6.54 Å². The molecule has 3 nitrogen and oxygen atoms in total. The second-order valence-corrected chi connectivity index (χ2v) is 3.71. The molecule has 0 aromatic carbocycles. The predicted molar refractivity (Wildman–Crippen MR) is 56.7 cm³/mol. The first-order valence-corrected chi connectivity index (χ1v) is 5.29. The van der Waals surface area contributed by atoms with Crippen LogP contribution in [-0.2, 0) is 4.79 Å². The van der Waals surface area contributed by atoms with E-state index >= 15 is 0 Å². The van der Waals surface area contributed by atoms with Crippen molar-refractivity contribution in [3.63, 3.8) is 0 Å². The third kappa shape index (κ3) is 2.41. The van der Waals surface area contributed by atoms with E-state index in [2.05, 4.69) is 12.2 Å². The molecule has 1 fully saturated rings. The summed E-state index contributed by atoms with van der Waals surface area (Å²) in [4.78, 5) is 12.9. The van der Waals surface area contributed by atoms with Crippen LogP contribution >= 0.6 is 12.2 Å². The monoisotopic (exact) mass is 218 g/mol. The molecule has 1 rings (SSSR count). The first-order valence-electron chi connectivity index (χ1n) is 4.88. The lowest BCUT2D eigenvalue weighted by molar-refractivity contribution is -0.127. The van der Waals surface area contributed by atoms with E-state index in [1.165, 1.54) is 4.90 Å². The van der Waals surface area contributed by atoms with Crippen LogP contribution < -0.4 is 5.32 Å². The minimum Gasteiger partial charge on any atom is -0.350 e. The maximum atomic E-state index is 12.1. The highest BCUT2D eigenvalue weighted by Gasteiger charge is 2.34. The van der Waals surface area contributed by atoms with Crippen LogP contribution in [0.1, 0.15) is 26.2 Å². The highest BCUT2D eigenvalue weighted by atomic mass is 32.1. The van der Waals surface area contributed by atoms with Crippen molar-refractivity contribution in [2.75, 3.05) is 13.2 Å². The molecule has 1 aliphatic rings. The van der Waals surface area contributed by atoms with Crippen molar-refractivity contribution in [2.45, 2.75) is 32.2 Å². The van der Waals surface area contributed by atoms with Crippen molar-refractivity contribution in [1.29, 1.82) is 0 Å². The van der Waals surface area contributed by atoms with Gasteiger partial charge in [-0.05, 0) is 18.6 Å². The number of carbonyl (C=O) groups is 1. The molecule has 0 saturated carbocycles. The van der Waals surface area contributed by atoms with E-state index in [9.17, 15) is 9.18 Å². The summed E-state index contributed by atoms with van der Waals surface area (Å²) < 4.78 is 12.1. The molecule has 0 aromatic rings. The molecule has 1 unspecified atom stereocenters. The molecule has 0 aromatic heterocycles. The van der Waals surface area contributed by atoms with Crippen LogP contribution in [0.15, 0.2) is 0 Å². The summed E-state index contributed by atoms with van der Waals surface area (Å²) in [7, 11) is 0. The van der Waals surface area contributed by atoms with E-state index in [0.29, 0.717) is 5.11 Å². The Morgan fingerprint density at radius 1 is 1.64 bits per heavy atom. The second-order valence-electron chi connectivity index (χ2n) is 3.32. The second kappa shape index (κ2) is 5.24. The molecule has 0 radical (unpaired) electrons. The Morgan fingerprint density at radius 2 is 2.36 bits per heavy atom. The van der Waals surface area contributed by atoms with Crippen LogP contribution in [0.3, 0.4) is 0 Å². The fourth-order valence-electron chi connectivity index (χ4n) is 1.48. The van der Waals surface area contributed by atoms with Crippen LogP contribution in [0.2, 0.25) is 0 Å². The number of hydrogen-bond donors (Lipinski definition) is 1. The van der Waals surface area contributed by atoms with Crippen LogP contribution in [0.4, 0.5) is 4.39 Å². The summed E-state index contributed by atoms with van der Waals surface area (Å²) >= 11 is 4.94. The Balaban J connectivity index is 2.51. The van der Waals surface area contributed by atoms with E-state index in [-0.39, 0.29) is 18.5 Å². The van der Waals surface area contributed by atoms with Crippen LogP contribution in [0.5, 0.6) is 0 Å². The van der Waals surface area contributed by atoms with Gasteiger partial charge in [-0.1, -0.05) is 19.8 Å². The van der Waals surface area contributed by atoms with Crippen molar-refractivity contribution in [1.82, 2.24) is 10.2 Å². The number of unbranched alkanes of at least 4 members (excludes halogenated alkanes) is 1. The average Bonchev–Trinajstić information content (AvgIpc) is 2.43. The van der Waals surface area contributed by atoms with E-state index < -0.39 is 6.67 Å². The SMILES string of the molecule is CCCCC1NC(=S)N(CCF)C1=O. The summed E-state index contributed by atoms with van der Waals surface area (Å²) in [6, 6.07) is -0.228. The fraction of sp³-hybridized carbons (Fsp3) is 0.778. The molecule has 1 amide bonds. The van der Waals surface area contributed by atoms with E-state index in [1.807, 2.05) is 0 Å². The summed E-state index contributed by atoms with van der Waals surface area (Å²) in [6.45, 7) is 1.60. The molecule has 0 bridgehead atoms. The Labute approximate surface area is 88.6 Å². The molecule has 80 valence electrons. The van der Waals surface area contributed by atoms with Gasteiger partial charge in [0.25, 0.3) is 5.91 Å². The van der Waals surface area contributed by atoms with E-state index in [1.54, 1.807) is 0 Å². The number of alkyl halides is 1. The number of nitrogens with one attached hydrogen (secondary N) is 1. The lowest BCUT2D eigenvalue weighted by atomic mass is 10.1. The standard InChI is InChI=1S/C9H15FN2OS/c1-2-3-4-7-8(13)12(6-5-10)9(14)11-7/h7H,2-6H2,1H3,(H,11,14). The quantitative estimate of drug-likeness (QED) is 0.704. The van der Waals surface area contributed by atoms with Crippen molar-refractivity contribution in [3.8, 4) is 0 Å². The molecule has 1 heterocycles. The number of rotatable bonds is 5. The Hall–Kier alpha value is -0.710. The maximum absolute atomic E-state index is 12.1. The number of thiocarbonyl (C=S) groups is 1. The molecule has 5 heteroatoms. The van der Waals surface area contributed by atoms with Gasteiger partial charge in [0.2, 0.25) is 0 Å². The minimum atomic E-state index is -0.548. The summed E-state index contributed by atoms with van der Waals surface area (Å²) in [6.07, 6.45) is 2.80. The Morgan fingerprint density at radius 3 is 2.93 bits per heavy atom. The summed E-state index contributed by atoms with van der Waals surface area (Å²) in [5, 5.41) is 3.28. The van der Waals surface area contributed by atoms with Crippen molar-refractivity contribution < 1.29 is 9.18 Å². The van der Waals surface area contributed by atoms with Crippen molar-refractivity contribution in [2.24, 2.45) is 0 Å². The molecular weight excluding hydrogens is 203 g/mol. The number of nitrogens with zero attached hydrogens (tertiary/aromatic N) is 1. The molecule has 1 saturated heterocycles. The maximum Gasteiger partial charge on any atom is 0.251 e. The first-order chi connectivity index (χ1) is 6.70. The van der Waals surface area contributed by atoms with Gasteiger partial charge >= 0.3 is 0 Å². The van der Waals surface area contributed by atoms with Crippen LogP contribution in [0, 0.1) is 0 Å². The molecule has 0 aliphatic carbocycles. The number of hydrogen-bond acceptors (Lipinski definition) is 2. The van der Waals surface area contributed by atoms with Gasteiger partial charge in [-0.2, -0.15) is 0 Å². The van der Waals surface area contributed by atoms with Gasteiger partial charge in [-0.25, -0.2) is 4.39 Å². The third-order valence-electron chi connectivity index (χ3n) is 2.26.